The lowest BCUT2D eigenvalue weighted by Crippen LogP contribution is -2.14. The highest BCUT2D eigenvalue weighted by Gasteiger charge is 2.03. The molecule has 1 rings (SSSR count). The molecule has 1 aromatic rings. The third kappa shape index (κ3) is 12.2. The summed E-state index contributed by atoms with van der Waals surface area (Å²) in [7, 11) is 3.25. The molecule has 0 spiro atoms. The van der Waals surface area contributed by atoms with Crippen LogP contribution in [0.4, 0.5) is 0 Å². The Hall–Kier alpha value is -1.29. The first-order valence-electron chi connectivity index (χ1n) is 7.33. The van der Waals surface area contributed by atoms with E-state index in [9.17, 15) is 9.59 Å². The zero-order valence-electron chi connectivity index (χ0n) is 13.5. The zero-order chi connectivity index (χ0) is 17.5. The summed E-state index contributed by atoms with van der Waals surface area (Å²) in [5.41, 5.74) is 0. The van der Waals surface area contributed by atoms with E-state index in [-0.39, 0.29) is 33.0 Å². The summed E-state index contributed by atoms with van der Waals surface area (Å²) in [4.78, 5) is 26.0. The summed E-state index contributed by atoms with van der Waals surface area (Å²) in [6.07, 6.45) is 1.89. The van der Waals surface area contributed by atoms with E-state index in [0.717, 1.165) is 10.8 Å². The second kappa shape index (κ2) is 14.1. The maximum atomic E-state index is 11.3. The first-order chi connectivity index (χ1) is 11.7. The van der Waals surface area contributed by atoms with Crippen LogP contribution >= 0.6 is 21.6 Å². The van der Waals surface area contributed by atoms with Gasteiger partial charge in [0.15, 0.2) is 0 Å². The van der Waals surface area contributed by atoms with Crippen molar-refractivity contribution in [2.45, 2.75) is 18.4 Å². The van der Waals surface area contributed by atoms with Crippen molar-refractivity contribution >= 4 is 33.5 Å². The molecule has 0 unspecified atom stereocenters. The van der Waals surface area contributed by atoms with Crippen molar-refractivity contribution in [3.05, 3.63) is 24.4 Å². The van der Waals surface area contributed by atoms with E-state index in [1.54, 1.807) is 27.8 Å². The van der Waals surface area contributed by atoms with Crippen LogP contribution in [0.25, 0.3) is 0 Å². The monoisotopic (exact) mass is 375 g/mol. The SMILES string of the molecule is CC(=O)OCCOC(=O)CCOCOCCSSc1ccccn1. The van der Waals surface area contributed by atoms with Crippen molar-refractivity contribution in [3.8, 4) is 0 Å². The van der Waals surface area contributed by atoms with Crippen molar-refractivity contribution in [2.24, 2.45) is 0 Å². The minimum atomic E-state index is -0.400. The van der Waals surface area contributed by atoms with Gasteiger partial charge in [0, 0.05) is 18.9 Å². The molecule has 0 bridgehead atoms. The van der Waals surface area contributed by atoms with Crippen LogP contribution in [0.15, 0.2) is 29.4 Å². The molecule has 0 saturated heterocycles. The molecular formula is C15H21NO6S2. The first-order valence-corrected chi connectivity index (χ1v) is 9.65. The van der Waals surface area contributed by atoms with Gasteiger partial charge in [-0.1, -0.05) is 16.9 Å². The number of hydrogen-bond acceptors (Lipinski definition) is 9. The Morgan fingerprint density at radius 2 is 1.88 bits per heavy atom. The van der Waals surface area contributed by atoms with Crippen LogP contribution in [-0.2, 0) is 28.5 Å². The van der Waals surface area contributed by atoms with E-state index in [0.29, 0.717) is 6.61 Å². The molecular weight excluding hydrogens is 354 g/mol. The predicted octanol–water partition coefficient (Wildman–Crippen LogP) is 2.31. The average Bonchev–Trinajstić information content (AvgIpc) is 2.58. The van der Waals surface area contributed by atoms with Crippen LogP contribution in [0, 0.1) is 0 Å². The summed E-state index contributed by atoms with van der Waals surface area (Å²) in [5.74, 6) is 0.00980. The Morgan fingerprint density at radius 3 is 2.62 bits per heavy atom. The van der Waals surface area contributed by atoms with E-state index in [1.807, 2.05) is 18.2 Å². The van der Waals surface area contributed by atoms with Gasteiger partial charge in [-0.15, -0.1) is 0 Å². The predicted molar refractivity (Wildman–Crippen MR) is 91.5 cm³/mol. The maximum absolute atomic E-state index is 11.3. The molecule has 24 heavy (non-hydrogen) atoms. The summed E-state index contributed by atoms with van der Waals surface area (Å²) in [6.45, 7) is 2.33. The molecule has 1 heterocycles. The topological polar surface area (TPSA) is 84.0 Å². The van der Waals surface area contributed by atoms with Gasteiger partial charge in [0.1, 0.15) is 25.0 Å². The normalized spacial score (nSPS) is 10.4. The van der Waals surface area contributed by atoms with Crippen LogP contribution in [0.1, 0.15) is 13.3 Å². The molecule has 7 nitrogen and oxygen atoms in total. The molecule has 0 atom stereocenters. The third-order valence-corrected chi connectivity index (χ3v) is 4.59. The highest BCUT2D eigenvalue weighted by Crippen LogP contribution is 2.28. The Bertz CT molecular complexity index is 474. The highest BCUT2D eigenvalue weighted by atomic mass is 33.1. The molecule has 0 saturated carbocycles. The van der Waals surface area contributed by atoms with E-state index < -0.39 is 11.9 Å². The van der Waals surface area contributed by atoms with Gasteiger partial charge >= 0.3 is 11.9 Å². The van der Waals surface area contributed by atoms with Crippen LogP contribution < -0.4 is 0 Å². The van der Waals surface area contributed by atoms with Gasteiger partial charge < -0.3 is 18.9 Å². The van der Waals surface area contributed by atoms with E-state index >= 15 is 0 Å². The number of aromatic nitrogens is 1. The molecule has 134 valence electrons. The number of hydrogen-bond donors (Lipinski definition) is 0. The second-order valence-electron chi connectivity index (χ2n) is 4.32. The van der Waals surface area contributed by atoms with Crippen molar-refractivity contribution in [1.29, 1.82) is 0 Å². The van der Waals surface area contributed by atoms with E-state index in [1.165, 1.54) is 6.92 Å². The zero-order valence-corrected chi connectivity index (χ0v) is 15.1. The smallest absolute Gasteiger partial charge is 0.308 e. The number of ether oxygens (including phenoxy) is 4. The fourth-order valence-corrected chi connectivity index (χ4v) is 3.08. The Morgan fingerprint density at radius 1 is 1.08 bits per heavy atom. The quantitative estimate of drug-likeness (QED) is 0.223. The number of carbonyl (C=O) groups excluding carboxylic acids is 2. The third-order valence-electron chi connectivity index (χ3n) is 2.36. The largest absolute Gasteiger partial charge is 0.462 e. The lowest BCUT2D eigenvalue weighted by Gasteiger charge is -2.06. The number of nitrogens with zero attached hydrogens (tertiary/aromatic N) is 1. The molecule has 0 aromatic carbocycles. The van der Waals surface area contributed by atoms with Crippen LogP contribution in [0.2, 0.25) is 0 Å². The molecule has 0 radical (unpaired) electrons. The Balaban J connectivity index is 1.83. The summed E-state index contributed by atoms with van der Waals surface area (Å²) in [5, 5.41) is 0.964. The van der Waals surface area contributed by atoms with Gasteiger partial charge in [-0.3, -0.25) is 9.59 Å². The van der Waals surface area contributed by atoms with Gasteiger partial charge in [0.05, 0.1) is 19.6 Å². The maximum Gasteiger partial charge on any atom is 0.308 e. The lowest BCUT2D eigenvalue weighted by atomic mass is 10.5. The average molecular weight is 375 g/mol. The van der Waals surface area contributed by atoms with Gasteiger partial charge in [0.25, 0.3) is 0 Å². The standard InChI is InChI=1S/C15H21NO6S2/c1-13(17)21-8-9-22-15(18)5-7-19-12-20-10-11-23-24-14-4-2-3-6-16-14/h2-4,6H,5,7-12H2,1H3. The molecule has 0 aliphatic heterocycles. The highest BCUT2D eigenvalue weighted by molar-refractivity contribution is 8.76. The molecule has 1 aromatic heterocycles. The minimum absolute atomic E-state index is 0.0556. The molecule has 0 aliphatic carbocycles. The summed E-state index contributed by atoms with van der Waals surface area (Å²) >= 11 is 0. The second-order valence-corrected chi connectivity index (χ2v) is 6.75. The summed E-state index contributed by atoms with van der Waals surface area (Å²) < 4.78 is 19.9. The van der Waals surface area contributed by atoms with Crippen molar-refractivity contribution in [2.75, 3.05) is 39.0 Å². The number of carbonyl (C=O) groups is 2. The van der Waals surface area contributed by atoms with Crippen molar-refractivity contribution < 1.29 is 28.5 Å². The molecule has 0 N–H and O–H groups in total. The van der Waals surface area contributed by atoms with Crippen LogP contribution in [0.5, 0.6) is 0 Å². The van der Waals surface area contributed by atoms with Gasteiger partial charge in [-0.25, -0.2) is 4.98 Å². The van der Waals surface area contributed by atoms with Crippen LogP contribution in [-0.4, -0.2) is 55.9 Å². The van der Waals surface area contributed by atoms with Crippen molar-refractivity contribution in [1.82, 2.24) is 4.98 Å². The molecule has 0 fully saturated rings. The van der Waals surface area contributed by atoms with Gasteiger partial charge in [0.2, 0.25) is 0 Å². The molecule has 0 amide bonds. The summed E-state index contributed by atoms with van der Waals surface area (Å²) in [6, 6.07) is 5.78. The number of esters is 2. The molecule has 9 heteroatoms. The first kappa shape index (κ1) is 20.8. The van der Waals surface area contributed by atoms with E-state index in [4.69, 9.17) is 14.2 Å². The number of rotatable bonds is 13. The van der Waals surface area contributed by atoms with E-state index in [2.05, 4.69) is 9.72 Å². The number of pyridine rings is 1. The van der Waals surface area contributed by atoms with Crippen molar-refractivity contribution in [3.63, 3.8) is 0 Å². The van der Waals surface area contributed by atoms with Gasteiger partial charge in [-0.05, 0) is 22.9 Å². The fourth-order valence-electron chi connectivity index (χ4n) is 1.34. The molecule has 0 aliphatic rings. The fraction of sp³-hybridized carbons (Fsp3) is 0.533. The van der Waals surface area contributed by atoms with Gasteiger partial charge in [-0.2, -0.15) is 0 Å². The minimum Gasteiger partial charge on any atom is -0.462 e. The Kier molecular flexibility index (Phi) is 12.2. The van der Waals surface area contributed by atoms with Crippen LogP contribution in [0.3, 0.4) is 0 Å². The Labute approximate surface area is 149 Å². The lowest BCUT2D eigenvalue weighted by molar-refractivity contribution is -0.152.